The maximum absolute atomic E-state index is 12.2. The summed E-state index contributed by atoms with van der Waals surface area (Å²) in [5.74, 6) is 1.38. The van der Waals surface area contributed by atoms with Gasteiger partial charge in [-0.15, -0.1) is 0 Å². The molecule has 0 atom stereocenters. The molecule has 5 nitrogen and oxygen atoms in total. The van der Waals surface area contributed by atoms with Gasteiger partial charge in [0, 0.05) is 11.6 Å². The first-order valence-corrected chi connectivity index (χ1v) is 7.97. The Morgan fingerprint density at radius 1 is 1.00 bits per heavy atom. The highest BCUT2D eigenvalue weighted by Gasteiger charge is 2.11. The van der Waals surface area contributed by atoms with Crippen molar-refractivity contribution in [3.05, 3.63) is 76.1 Å². The van der Waals surface area contributed by atoms with Crippen LogP contribution in [0, 0.1) is 6.92 Å². The van der Waals surface area contributed by atoms with E-state index >= 15 is 0 Å². The van der Waals surface area contributed by atoms with Gasteiger partial charge >= 0.3 is 0 Å². The van der Waals surface area contributed by atoms with E-state index in [2.05, 4.69) is 5.10 Å². The Morgan fingerprint density at radius 3 is 2.52 bits per heavy atom. The van der Waals surface area contributed by atoms with Crippen molar-refractivity contribution >= 4 is 0 Å². The third-order valence-corrected chi connectivity index (χ3v) is 4.13. The van der Waals surface area contributed by atoms with Crippen molar-refractivity contribution in [1.82, 2.24) is 9.78 Å². The molecule has 0 aliphatic carbocycles. The Hall–Kier alpha value is -3.08. The second-order valence-electron chi connectivity index (χ2n) is 5.71. The van der Waals surface area contributed by atoms with Gasteiger partial charge in [0.1, 0.15) is 11.5 Å². The van der Waals surface area contributed by atoms with Gasteiger partial charge < -0.3 is 9.47 Å². The molecule has 3 rings (SSSR count). The van der Waals surface area contributed by atoms with Crippen LogP contribution in [0.1, 0.15) is 11.1 Å². The van der Waals surface area contributed by atoms with Crippen molar-refractivity contribution in [1.29, 1.82) is 0 Å². The van der Waals surface area contributed by atoms with E-state index in [1.54, 1.807) is 20.3 Å². The molecule has 0 N–H and O–H groups in total. The third-order valence-electron chi connectivity index (χ3n) is 4.13. The molecular formula is C20H20N2O3. The summed E-state index contributed by atoms with van der Waals surface area (Å²) in [5, 5.41) is 4.53. The molecule has 1 aromatic heterocycles. The topological polar surface area (TPSA) is 53.4 Å². The molecule has 3 aromatic rings. The minimum absolute atomic E-state index is 0.145. The van der Waals surface area contributed by atoms with Gasteiger partial charge in [-0.25, -0.2) is 4.68 Å². The predicted molar refractivity (Wildman–Crippen MR) is 97.3 cm³/mol. The van der Waals surface area contributed by atoms with Gasteiger partial charge in [0.05, 0.1) is 26.5 Å². The van der Waals surface area contributed by atoms with Crippen molar-refractivity contribution in [2.45, 2.75) is 13.5 Å². The zero-order valence-electron chi connectivity index (χ0n) is 14.5. The molecule has 2 aromatic carbocycles. The SMILES string of the molecule is COc1ccc(OC)c(-c2ccc(=O)n(Cc3ccccc3C)n2)c1. The van der Waals surface area contributed by atoms with Gasteiger partial charge in [-0.3, -0.25) is 4.79 Å². The highest BCUT2D eigenvalue weighted by atomic mass is 16.5. The number of methoxy groups -OCH3 is 2. The van der Waals surface area contributed by atoms with Crippen LogP contribution in [-0.4, -0.2) is 24.0 Å². The molecule has 0 aliphatic heterocycles. The van der Waals surface area contributed by atoms with Gasteiger partial charge in [-0.2, -0.15) is 5.10 Å². The van der Waals surface area contributed by atoms with Crippen LogP contribution in [0.25, 0.3) is 11.3 Å². The highest BCUT2D eigenvalue weighted by molar-refractivity contribution is 5.68. The number of ether oxygens (including phenoxy) is 2. The number of hydrogen-bond acceptors (Lipinski definition) is 4. The van der Waals surface area contributed by atoms with Crippen LogP contribution in [0.4, 0.5) is 0 Å². The number of rotatable bonds is 5. The molecule has 25 heavy (non-hydrogen) atoms. The summed E-state index contributed by atoms with van der Waals surface area (Å²) in [6.07, 6.45) is 0. The van der Waals surface area contributed by atoms with Crippen molar-refractivity contribution in [3.8, 4) is 22.8 Å². The number of nitrogens with zero attached hydrogens (tertiary/aromatic N) is 2. The highest BCUT2D eigenvalue weighted by Crippen LogP contribution is 2.31. The Kier molecular flexibility index (Phi) is 4.84. The van der Waals surface area contributed by atoms with Crippen LogP contribution in [0.5, 0.6) is 11.5 Å². The Bertz CT molecular complexity index is 948. The van der Waals surface area contributed by atoms with E-state index in [1.165, 1.54) is 10.7 Å². The second-order valence-corrected chi connectivity index (χ2v) is 5.71. The van der Waals surface area contributed by atoms with Gasteiger partial charge in [0.25, 0.3) is 5.56 Å². The normalized spacial score (nSPS) is 10.5. The van der Waals surface area contributed by atoms with Crippen molar-refractivity contribution in [3.63, 3.8) is 0 Å². The molecule has 0 spiro atoms. The van der Waals surface area contributed by atoms with Crippen molar-refractivity contribution in [2.24, 2.45) is 0 Å². The summed E-state index contributed by atoms with van der Waals surface area (Å²) in [6, 6.07) is 16.7. The maximum atomic E-state index is 12.2. The number of aromatic nitrogens is 2. The molecule has 1 heterocycles. The first kappa shape index (κ1) is 16.8. The van der Waals surface area contributed by atoms with E-state index in [0.29, 0.717) is 23.7 Å². The lowest BCUT2D eigenvalue weighted by Crippen LogP contribution is -2.23. The van der Waals surface area contributed by atoms with E-state index < -0.39 is 0 Å². The molecule has 0 unspecified atom stereocenters. The van der Waals surface area contributed by atoms with E-state index in [-0.39, 0.29) is 5.56 Å². The quantitative estimate of drug-likeness (QED) is 0.717. The number of aryl methyl sites for hydroxylation is 1. The first-order valence-electron chi connectivity index (χ1n) is 7.97. The third kappa shape index (κ3) is 3.55. The van der Waals surface area contributed by atoms with E-state index in [0.717, 1.165) is 16.7 Å². The zero-order valence-corrected chi connectivity index (χ0v) is 14.5. The molecule has 128 valence electrons. The minimum atomic E-state index is -0.145. The predicted octanol–water partition coefficient (Wildman–Crippen LogP) is 3.28. The lowest BCUT2D eigenvalue weighted by Gasteiger charge is -2.12. The van der Waals surface area contributed by atoms with Gasteiger partial charge in [-0.1, -0.05) is 24.3 Å². The first-order chi connectivity index (χ1) is 12.1. The summed E-state index contributed by atoms with van der Waals surface area (Å²) < 4.78 is 12.2. The minimum Gasteiger partial charge on any atom is -0.497 e. The standard InChI is InChI=1S/C20H20N2O3/c1-14-6-4-5-7-15(14)13-22-20(23)11-9-18(21-22)17-12-16(24-2)8-10-19(17)25-3/h4-12H,13H2,1-3H3. The molecule has 0 radical (unpaired) electrons. The summed E-state index contributed by atoms with van der Waals surface area (Å²) in [4.78, 5) is 12.2. The summed E-state index contributed by atoms with van der Waals surface area (Å²) in [7, 11) is 3.22. The molecule has 0 amide bonds. The van der Waals surface area contributed by atoms with Crippen LogP contribution < -0.4 is 15.0 Å². The molecule has 5 heteroatoms. The smallest absolute Gasteiger partial charge is 0.267 e. The van der Waals surface area contributed by atoms with Crippen LogP contribution in [0.15, 0.2) is 59.4 Å². The fourth-order valence-corrected chi connectivity index (χ4v) is 2.67. The van der Waals surface area contributed by atoms with Gasteiger partial charge in [0.15, 0.2) is 0 Å². The molecular weight excluding hydrogens is 316 g/mol. The molecule has 0 saturated carbocycles. The average Bonchev–Trinajstić information content (AvgIpc) is 2.64. The van der Waals surface area contributed by atoms with Crippen LogP contribution in [0.2, 0.25) is 0 Å². The van der Waals surface area contributed by atoms with E-state index in [1.807, 2.05) is 49.4 Å². The summed E-state index contributed by atoms with van der Waals surface area (Å²) in [6.45, 7) is 2.45. The van der Waals surface area contributed by atoms with E-state index in [9.17, 15) is 4.79 Å². The Balaban J connectivity index is 2.05. The van der Waals surface area contributed by atoms with E-state index in [4.69, 9.17) is 9.47 Å². The van der Waals surface area contributed by atoms with Gasteiger partial charge in [-0.05, 0) is 42.3 Å². The summed E-state index contributed by atoms with van der Waals surface area (Å²) in [5.41, 5.74) is 3.48. The van der Waals surface area contributed by atoms with Crippen molar-refractivity contribution < 1.29 is 9.47 Å². The molecule has 0 fully saturated rings. The summed E-state index contributed by atoms with van der Waals surface area (Å²) >= 11 is 0. The molecule has 0 aliphatic rings. The zero-order chi connectivity index (χ0) is 17.8. The fraction of sp³-hybridized carbons (Fsp3) is 0.200. The monoisotopic (exact) mass is 336 g/mol. The van der Waals surface area contributed by atoms with Crippen LogP contribution in [-0.2, 0) is 6.54 Å². The Morgan fingerprint density at radius 2 is 1.80 bits per heavy atom. The lowest BCUT2D eigenvalue weighted by atomic mass is 10.1. The number of hydrogen-bond donors (Lipinski definition) is 0. The molecule has 0 saturated heterocycles. The number of benzene rings is 2. The van der Waals surface area contributed by atoms with Crippen LogP contribution >= 0.6 is 0 Å². The Labute approximate surface area is 146 Å². The van der Waals surface area contributed by atoms with Crippen molar-refractivity contribution in [2.75, 3.05) is 14.2 Å². The second kappa shape index (κ2) is 7.21. The fourth-order valence-electron chi connectivity index (χ4n) is 2.67. The van der Waals surface area contributed by atoms with Gasteiger partial charge in [0.2, 0.25) is 0 Å². The largest absolute Gasteiger partial charge is 0.497 e. The lowest BCUT2D eigenvalue weighted by molar-refractivity contribution is 0.404. The van der Waals surface area contributed by atoms with Crippen LogP contribution in [0.3, 0.4) is 0 Å². The molecule has 0 bridgehead atoms. The average molecular weight is 336 g/mol. The maximum Gasteiger partial charge on any atom is 0.267 e.